The third-order valence-corrected chi connectivity index (χ3v) is 3.42. The fraction of sp³-hybridized carbons (Fsp3) is 0.545. The highest BCUT2D eigenvalue weighted by Crippen LogP contribution is 2.34. The summed E-state index contributed by atoms with van der Waals surface area (Å²) in [6, 6.07) is 0. The number of rotatable bonds is 2. The highest BCUT2D eigenvalue weighted by Gasteiger charge is 2.33. The van der Waals surface area contributed by atoms with Crippen molar-refractivity contribution < 1.29 is 9.84 Å². The van der Waals surface area contributed by atoms with Crippen LogP contribution < -0.4 is 5.73 Å². The average molecular weight is 249 g/mol. The molecular weight excluding hydrogens is 234 g/mol. The maximum Gasteiger partial charge on any atom is 0.167 e. The Hall–Kier alpha value is -1.73. The maximum atomic E-state index is 9.21. The van der Waals surface area contributed by atoms with Crippen molar-refractivity contribution in [3.8, 4) is 0 Å². The van der Waals surface area contributed by atoms with Crippen LogP contribution >= 0.6 is 0 Å². The Bertz CT molecular complexity index is 570. The summed E-state index contributed by atoms with van der Waals surface area (Å²) < 4.78 is 7.63. The number of nitrogens with two attached hydrogens (primary N) is 1. The summed E-state index contributed by atoms with van der Waals surface area (Å²) in [5, 5.41) is 9.21. The van der Waals surface area contributed by atoms with Gasteiger partial charge in [-0.15, -0.1) is 0 Å². The molecule has 0 bridgehead atoms. The molecule has 1 aliphatic rings. The van der Waals surface area contributed by atoms with E-state index in [9.17, 15) is 5.11 Å². The van der Waals surface area contributed by atoms with E-state index in [1.807, 2.05) is 4.57 Å². The van der Waals surface area contributed by atoms with E-state index in [0.29, 0.717) is 22.9 Å². The number of anilines is 1. The molecule has 3 rings (SSSR count). The van der Waals surface area contributed by atoms with E-state index in [1.165, 1.54) is 6.33 Å². The number of aromatic nitrogens is 4. The second-order valence-corrected chi connectivity index (χ2v) is 4.61. The number of aliphatic hydroxyl groups is 1. The van der Waals surface area contributed by atoms with Crippen LogP contribution in [0.2, 0.25) is 0 Å². The van der Waals surface area contributed by atoms with Crippen molar-refractivity contribution in [1.82, 2.24) is 19.5 Å². The molecule has 3 N–H and O–H groups in total. The second kappa shape index (κ2) is 4.18. The summed E-state index contributed by atoms with van der Waals surface area (Å²) >= 11 is 0. The van der Waals surface area contributed by atoms with Gasteiger partial charge in [0.1, 0.15) is 18.1 Å². The molecule has 0 aromatic carbocycles. The first-order valence-electron chi connectivity index (χ1n) is 5.90. The Balaban J connectivity index is 1.99. The lowest BCUT2D eigenvalue weighted by Crippen LogP contribution is -2.18. The highest BCUT2D eigenvalue weighted by atomic mass is 16.5. The van der Waals surface area contributed by atoms with Gasteiger partial charge >= 0.3 is 0 Å². The smallest absolute Gasteiger partial charge is 0.167 e. The number of nitrogen functional groups attached to an aromatic ring is 1. The van der Waals surface area contributed by atoms with E-state index < -0.39 is 0 Å². The van der Waals surface area contributed by atoms with Crippen molar-refractivity contribution in [2.45, 2.75) is 25.7 Å². The maximum absolute atomic E-state index is 9.21. The SMILES string of the molecule is CC1C[C@H](n2cnc3c(N)ncnc32)O[C@H]1CO. The van der Waals surface area contributed by atoms with Gasteiger partial charge in [0.15, 0.2) is 11.5 Å². The molecule has 1 saturated heterocycles. The first kappa shape index (κ1) is 11.4. The third kappa shape index (κ3) is 1.63. The Kier molecular flexibility index (Phi) is 2.64. The average Bonchev–Trinajstić information content (AvgIpc) is 2.93. The molecule has 7 nitrogen and oxygen atoms in total. The molecule has 0 saturated carbocycles. The van der Waals surface area contributed by atoms with Gasteiger partial charge in [0.25, 0.3) is 0 Å². The minimum atomic E-state index is -0.156. The van der Waals surface area contributed by atoms with Crippen LogP contribution in [0.3, 0.4) is 0 Å². The fourth-order valence-electron chi connectivity index (χ4n) is 2.34. The minimum absolute atomic E-state index is 0.0292. The molecule has 1 fully saturated rings. The zero-order valence-corrected chi connectivity index (χ0v) is 10.0. The van der Waals surface area contributed by atoms with Gasteiger partial charge in [-0.2, -0.15) is 0 Å². The summed E-state index contributed by atoms with van der Waals surface area (Å²) in [4.78, 5) is 12.3. The molecule has 0 radical (unpaired) electrons. The van der Waals surface area contributed by atoms with E-state index in [2.05, 4.69) is 21.9 Å². The Morgan fingerprint density at radius 1 is 1.50 bits per heavy atom. The van der Waals surface area contributed by atoms with Crippen molar-refractivity contribution in [2.24, 2.45) is 5.92 Å². The monoisotopic (exact) mass is 249 g/mol. The predicted molar refractivity (Wildman–Crippen MR) is 64.5 cm³/mol. The predicted octanol–water partition coefficient (Wildman–Crippen LogP) is 0.324. The van der Waals surface area contributed by atoms with Crippen LogP contribution in [0.4, 0.5) is 5.82 Å². The van der Waals surface area contributed by atoms with E-state index >= 15 is 0 Å². The van der Waals surface area contributed by atoms with Crippen LogP contribution in [0.25, 0.3) is 11.2 Å². The van der Waals surface area contributed by atoms with Crippen molar-refractivity contribution >= 4 is 17.0 Å². The second-order valence-electron chi connectivity index (χ2n) is 4.61. The molecule has 1 aliphatic heterocycles. The van der Waals surface area contributed by atoms with Crippen molar-refractivity contribution in [1.29, 1.82) is 0 Å². The van der Waals surface area contributed by atoms with Gasteiger partial charge in [-0.05, 0) is 12.3 Å². The van der Waals surface area contributed by atoms with Gasteiger partial charge in [-0.3, -0.25) is 4.57 Å². The van der Waals surface area contributed by atoms with E-state index in [4.69, 9.17) is 10.5 Å². The van der Waals surface area contributed by atoms with Gasteiger partial charge in [0.05, 0.1) is 19.0 Å². The first-order chi connectivity index (χ1) is 8.70. The van der Waals surface area contributed by atoms with E-state index in [-0.39, 0.29) is 18.9 Å². The number of aliphatic hydroxyl groups excluding tert-OH is 1. The van der Waals surface area contributed by atoms with Gasteiger partial charge in [0, 0.05) is 0 Å². The van der Waals surface area contributed by atoms with Crippen LogP contribution in [-0.2, 0) is 4.74 Å². The summed E-state index contributed by atoms with van der Waals surface area (Å²) in [6.45, 7) is 2.09. The molecule has 7 heteroatoms. The molecular formula is C11H15N5O2. The molecule has 0 spiro atoms. The third-order valence-electron chi connectivity index (χ3n) is 3.42. The Labute approximate surface area is 104 Å². The number of fused-ring (bicyclic) bond motifs is 1. The van der Waals surface area contributed by atoms with Crippen LogP contribution in [0.15, 0.2) is 12.7 Å². The Morgan fingerprint density at radius 2 is 2.33 bits per heavy atom. The van der Waals surface area contributed by atoms with Crippen LogP contribution in [0, 0.1) is 5.92 Å². The van der Waals surface area contributed by atoms with Crippen molar-refractivity contribution in [2.75, 3.05) is 12.3 Å². The van der Waals surface area contributed by atoms with Crippen molar-refractivity contribution in [3.63, 3.8) is 0 Å². The van der Waals surface area contributed by atoms with E-state index in [0.717, 1.165) is 6.42 Å². The molecule has 3 heterocycles. The molecule has 0 aliphatic carbocycles. The van der Waals surface area contributed by atoms with Gasteiger partial charge in [-0.1, -0.05) is 6.92 Å². The van der Waals surface area contributed by atoms with Gasteiger partial charge < -0.3 is 15.6 Å². The zero-order chi connectivity index (χ0) is 12.7. The van der Waals surface area contributed by atoms with Crippen molar-refractivity contribution in [3.05, 3.63) is 12.7 Å². The minimum Gasteiger partial charge on any atom is -0.394 e. The van der Waals surface area contributed by atoms with Crippen LogP contribution in [-0.4, -0.2) is 37.3 Å². The molecule has 2 aromatic rings. The first-order valence-corrected chi connectivity index (χ1v) is 5.90. The number of imidazole rings is 1. The highest BCUT2D eigenvalue weighted by molar-refractivity contribution is 5.81. The van der Waals surface area contributed by atoms with Gasteiger partial charge in [-0.25, -0.2) is 15.0 Å². The standard InChI is InChI=1S/C11H15N5O2/c1-6-2-8(18-7(6)3-17)16-5-15-9-10(12)13-4-14-11(9)16/h4-8,17H,2-3H2,1H3,(H2,12,13,14)/t6?,7-,8+/m0/s1. The quantitative estimate of drug-likeness (QED) is 0.795. The lowest BCUT2D eigenvalue weighted by Gasteiger charge is -2.13. The molecule has 18 heavy (non-hydrogen) atoms. The van der Waals surface area contributed by atoms with Gasteiger partial charge in [0.2, 0.25) is 0 Å². The van der Waals surface area contributed by atoms with Crippen LogP contribution in [0.5, 0.6) is 0 Å². The molecule has 96 valence electrons. The van der Waals surface area contributed by atoms with E-state index in [1.54, 1.807) is 6.33 Å². The summed E-state index contributed by atoms with van der Waals surface area (Å²) in [7, 11) is 0. The molecule has 2 aromatic heterocycles. The topological polar surface area (TPSA) is 99.1 Å². The number of ether oxygens (including phenoxy) is 1. The fourth-order valence-corrected chi connectivity index (χ4v) is 2.34. The lowest BCUT2D eigenvalue weighted by molar-refractivity contribution is -0.0277. The Morgan fingerprint density at radius 3 is 3.06 bits per heavy atom. The number of nitrogens with zero attached hydrogens (tertiary/aromatic N) is 4. The number of hydrogen-bond acceptors (Lipinski definition) is 6. The normalized spacial score (nSPS) is 28.0. The number of hydrogen-bond donors (Lipinski definition) is 2. The molecule has 0 amide bonds. The zero-order valence-electron chi connectivity index (χ0n) is 10.0. The molecule has 3 atom stereocenters. The lowest BCUT2D eigenvalue weighted by atomic mass is 10.0. The molecule has 1 unspecified atom stereocenters. The summed E-state index contributed by atoms with van der Waals surface area (Å²) in [5.74, 6) is 0.667. The largest absolute Gasteiger partial charge is 0.394 e. The summed E-state index contributed by atoms with van der Waals surface area (Å²) in [5.41, 5.74) is 6.99. The summed E-state index contributed by atoms with van der Waals surface area (Å²) in [6.07, 6.45) is 3.61. The van der Waals surface area contributed by atoms with Crippen LogP contribution in [0.1, 0.15) is 19.6 Å².